The predicted molar refractivity (Wildman–Crippen MR) is 111 cm³/mol. The molecule has 168 valence electrons. The summed E-state index contributed by atoms with van der Waals surface area (Å²) in [6.45, 7) is 4.28. The van der Waals surface area contributed by atoms with Crippen LogP contribution < -0.4 is 9.47 Å². The first-order valence-electron chi connectivity index (χ1n) is 10.8. The molecule has 1 aromatic rings. The Hall–Kier alpha value is -2.81. The van der Waals surface area contributed by atoms with E-state index < -0.39 is 0 Å². The third-order valence-electron chi connectivity index (χ3n) is 5.93. The van der Waals surface area contributed by atoms with Crippen LogP contribution in [0.3, 0.4) is 0 Å². The van der Waals surface area contributed by atoms with Crippen LogP contribution in [0.4, 0.5) is 0 Å². The number of methoxy groups -OCH3 is 1. The van der Waals surface area contributed by atoms with Crippen LogP contribution in [-0.2, 0) is 14.3 Å². The van der Waals surface area contributed by atoms with E-state index in [0.29, 0.717) is 69.5 Å². The Morgan fingerprint density at radius 3 is 2.26 bits per heavy atom. The minimum atomic E-state index is -0.107. The number of hydrogen-bond donors (Lipinski definition) is 0. The highest BCUT2D eigenvalue weighted by Gasteiger charge is 2.35. The van der Waals surface area contributed by atoms with E-state index in [0.717, 1.165) is 12.8 Å². The molecule has 3 fully saturated rings. The van der Waals surface area contributed by atoms with Gasteiger partial charge >= 0.3 is 0 Å². The lowest BCUT2D eigenvalue weighted by molar-refractivity contribution is -0.137. The summed E-state index contributed by atoms with van der Waals surface area (Å²) in [6, 6.07) is 4.98. The molecule has 1 aromatic carbocycles. The third-order valence-corrected chi connectivity index (χ3v) is 5.93. The summed E-state index contributed by atoms with van der Waals surface area (Å²) in [7, 11) is 1.50. The van der Waals surface area contributed by atoms with Gasteiger partial charge in [0.15, 0.2) is 18.1 Å². The van der Waals surface area contributed by atoms with E-state index in [-0.39, 0.29) is 30.2 Å². The maximum absolute atomic E-state index is 12.9. The van der Waals surface area contributed by atoms with Gasteiger partial charge in [0.1, 0.15) is 0 Å². The highest BCUT2D eigenvalue weighted by atomic mass is 16.5. The fourth-order valence-corrected chi connectivity index (χ4v) is 3.86. The molecule has 1 saturated carbocycles. The van der Waals surface area contributed by atoms with Gasteiger partial charge in [0, 0.05) is 50.7 Å². The molecule has 0 radical (unpaired) electrons. The van der Waals surface area contributed by atoms with E-state index in [1.807, 2.05) is 4.90 Å². The van der Waals surface area contributed by atoms with Crippen LogP contribution in [0.5, 0.6) is 11.5 Å². The zero-order valence-electron chi connectivity index (χ0n) is 17.9. The van der Waals surface area contributed by atoms with Crippen LogP contribution in [0.2, 0.25) is 0 Å². The van der Waals surface area contributed by atoms with Crippen molar-refractivity contribution < 1.29 is 28.6 Å². The molecule has 4 rings (SSSR count). The summed E-state index contributed by atoms with van der Waals surface area (Å²) in [5, 5.41) is 0. The molecule has 2 aliphatic heterocycles. The predicted octanol–water partition coefficient (Wildman–Crippen LogP) is 0.627. The second-order valence-corrected chi connectivity index (χ2v) is 8.04. The number of amides is 3. The molecule has 9 nitrogen and oxygen atoms in total. The number of morpholine rings is 1. The zero-order chi connectivity index (χ0) is 21.8. The lowest BCUT2D eigenvalue weighted by atomic mass is 10.1. The van der Waals surface area contributed by atoms with Gasteiger partial charge in [-0.2, -0.15) is 0 Å². The van der Waals surface area contributed by atoms with Gasteiger partial charge in [0.05, 0.1) is 20.3 Å². The van der Waals surface area contributed by atoms with Gasteiger partial charge in [-0.1, -0.05) is 0 Å². The molecule has 2 saturated heterocycles. The van der Waals surface area contributed by atoms with Crippen molar-refractivity contribution in [2.75, 3.05) is 66.2 Å². The topological polar surface area (TPSA) is 88.6 Å². The Bertz CT molecular complexity index is 827. The summed E-state index contributed by atoms with van der Waals surface area (Å²) in [5.74, 6) is 1.04. The van der Waals surface area contributed by atoms with Crippen molar-refractivity contribution in [3.05, 3.63) is 23.8 Å². The molecule has 9 heteroatoms. The molecule has 0 atom stereocenters. The molecular formula is C22H29N3O6. The van der Waals surface area contributed by atoms with Crippen molar-refractivity contribution in [2.45, 2.75) is 12.8 Å². The van der Waals surface area contributed by atoms with E-state index in [4.69, 9.17) is 14.2 Å². The van der Waals surface area contributed by atoms with Gasteiger partial charge in [-0.15, -0.1) is 0 Å². The number of piperazine rings is 1. The van der Waals surface area contributed by atoms with E-state index in [1.54, 1.807) is 28.0 Å². The molecule has 1 aliphatic carbocycles. The standard InChI is InChI=1S/C22H29N3O6/c1-29-19-14-17(4-5-18(19)31-15-20(26)23-10-12-30-13-11-23)22(28)25-8-6-24(7-9-25)21(27)16-2-3-16/h4-5,14,16H,2-3,6-13,15H2,1H3. The molecule has 31 heavy (non-hydrogen) atoms. The van der Waals surface area contributed by atoms with Crippen LogP contribution in [0, 0.1) is 5.92 Å². The highest BCUT2D eigenvalue weighted by molar-refractivity contribution is 5.95. The Morgan fingerprint density at radius 2 is 1.61 bits per heavy atom. The highest BCUT2D eigenvalue weighted by Crippen LogP contribution is 2.32. The van der Waals surface area contributed by atoms with Gasteiger partial charge in [-0.25, -0.2) is 0 Å². The minimum Gasteiger partial charge on any atom is -0.493 e. The van der Waals surface area contributed by atoms with Crippen molar-refractivity contribution >= 4 is 17.7 Å². The molecule has 3 amide bonds. The zero-order valence-corrected chi connectivity index (χ0v) is 17.9. The van der Waals surface area contributed by atoms with Gasteiger partial charge in [-0.3, -0.25) is 14.4 Å². The Morgan fingerprint density at radius 1 is 0.935 bits per heavy atom. The van der Waals surface area contributed by atoms with Crippen LogP contribution in [0.15, 0.2) is 18.2 Å². The normalized spacial score (nSPS) is 19.2. The van der Waals surface area contributed by atoms with Crippen molar-refractivity contribution in [3.63, 3.8) is 0 Å². The summed E-state index contributed by atoms with van der Waals surface area (Å²) < 4.78 is 16.3. The molecule has 3 aliphatic rings. The first-order valence-corrected chi connectivity index (χ1v) is 10.8. The number of nitrogens with zero attached hydrogens (tertiary/aromatic N) is 3. The smallest absolute Gasteiger partial charge is 0.260 e. The SMILES string of the molecule is COc1cc(C(=O)N2CCN(C(=O)C3CC3)CC2)ccc1OCC(=O)N1CCOCC1. The van der Waals surface area contributed by atoms with Crippen molar-refractivity contribution in [2.24, 2.45) is 5.92 Å². The molecule has 0 N–H and O–H groups in total. The monoisotopic (exact) mass is 431 g/mol. The summed E-state index contributed by atoms with van der Waals surface area (Å²) >= 11 is 0. The fraction of sp³-hybridized carbons (Fsp3) is 0.591. The van der Waals surface area contributed by atoms with Crippen molar-refractivity contribution in [3.8, 4) is 11.5 Å². The second-order valence-electron chi connectivity index (χ2n) is 8.04. The second kappa shape index (κ2) is 9.55. The van der Waals surface area contributed by atoms with E-state index in [9.17, 15) is 14.4 Å². The largest absolute Gasteiger partial charge is 0.493 e. The molecule has 0 unspecified atom stereocenters. The maximum Gasteiger partial charge on any atom is 0.260 e. The Labute approximate surface area is 181 Å². The van der Waals surface area contributed by atoms with Gasteiger partial charge in [-0.05, 0) is 31.0 Å². The minimum absolute atomic E-state index is 0.0966. The first-order chi connectivity index (χ1) is 15.1. The Kier molecular flexibility index (Phi) is 6.60. The third kappa shape index (κ3) is 5.10. The summed E-state index contributed by atoms with van der Waals surface area (Å²) in [6.07, 6.45) is 1.98. The number of carbonyl (C=O) groups is 3. The summed E-state index contributed by atoms with van der Waals surface area (Å²) in [4.78, 5) is 42.7. The van der Waals surface area contributed by atoms with Crippen LogP contribution >= 0.6 is 0 Å². The van der Waals surface area contributed by atoms with E-state index in [2.05, 4.69) is 0 Å². The lowest BCUT2D eigenvalue weighted by Gasteiger charge is -2.35. The molecular weight excluding hydrogens is 402 g/mol. The molecule has 0 bridgehead atoms. The van der Waals surface area contributed by atoms with Gasteiger partial charge in [0.25, 0.3) is 11.8 Å². The van der Waals surface area contributed by atoms with Crippen LogP contribution in [0.25, 0.3) is 0 Å². The average Bonchev–Trinajstić information content (AvgIpc) is 3.67. The number of carbonyl (C=O) groups excluding carboxylic acids is 3. The van der Waals surface area contributed by atoms with Crippen LogP contribution in [-0.4, -0.2) is 98.6 Å². The summed E-state index contributed by atoms with van der Waals surface area (Å²) in [5.41, 5.74) is 0.491. The maximum atomic E-state index is 12.9. The number of ether oxygens (including phenoxy) is 3. The first kappa shape index (κ1) is 21.4. The van der Waals surface area contributed by atoms with E-state index in [1.165, 1.54) is 7.11 Å². The number of hydrogen-bond acceptors (Lipinski definition) is 6. The van der Waals surface area contributed by atoms with Gasteiger partial charge in [0.2, 0.25) is 5.91 Å². The lowest BCUT2D eigenvalue weighted by Crippen LogP contribution is -2.51. The fourth-order valence-electron chi connectivity index (χ4n) is 3.86. The van der Waals surface area contributed by atoms with Gasteiger partial charge < -0.3 is 28.9 Å². The molecule has 2 heterocycles. The number of benzene rings is 1. The van der Waals surface area contributed by atoms with Crippen molar-refractivity contribution in [1.29, 1.82) is 0 Å². The average molecular weight is 431 g/mol. The van der Waals surface area contributed by atoms with E-state index >= 15 is 0 Å². The van der Waals surface area contributed by atoms with Crippen molar-refractivity contribution in [1.82, 2.24) is 14.7 Å². The molecule has 0 spiro atoms. The Balaban J connectivity index is 1.33. The quantitative estimate of drug-likeness (QED) is 0.657. The number of rotatable bonds is 6. The molecule has 0 aromatic heterocycles. The van der Waals surface area contributed by atoms with Crippen LogP contribution in [0.1, 0.15) is 23.2 Å².